The van der Waals surface area contributed by atoms with Crippen molar-refractivity contribution in [2.45, 2.75) is 20.8 Å². The van der Waals surface area contributed by atoms with E-state index in [9.17, 15) is 4.79 Å². The van der Waals surface area contributed by atoms with Crippen molar-refractivity contribution in [3.63, 3.8) is 0 Å². The van der Waals surface area contributed by atoms with Gasteiger partial charge in [0.2, 0.25) is 0 Å². The molecule has 1 aromatic carbocycles. The maximum atomic E-state index is 11.4. The molecule has 0 bridgehead atoms. The number of anilines is 1. The number of aryl methyl sites for hydroxylation is 1. The number of nitrogen functional groups attached to an aromatic ring is 1. The van der Waals surface area contributed by atoms with E-state index in [1.165, 1.54) is 6.92 Å². The quantitative estimate of drug-likeness (QED) is 0.591. The fourth-order valence-electron chi connectivity index (χ4n) is 1.43. The van der Waals surface area contributed by atoms with E-state index in [0.717, 1.165) is 5.56 Å². The zero-order valence-electron chi connectivity index (χ0n) is 8.76. The first-order valence-electron chi connectivity index (χ1n) is 4.60. The lowest BCUT2D eigenvalue weighted by Gasteiger charge is -2.12. The van der Waals surface area contributed by atoms with Crippen LogP contribution in [-0.2, 0) is 0 Å². The number of hydrogen-bond donors (Lipinski definition) is 1. The summed E-state index contributed by atoms with van der Waals surface area (Å²) >= 11 is 0. The highest BCUT2D eigenvalue weighted by Crippen LogP contribution is 2.29. The van der Waals surface area contributed by atoms with Crippen LogP contribution in [0.5, 0.6) is 5.75 Å². The summed E-state index contributed by atoms with van der Waals surface area (Å²) < 4.78 is 5.36. The summed E-state index contributed by atoms with van der Waals surface area (Å²) in [7, 11) is 0. The standard InChI is InChI=1S/C11H15NO2/c1-4-14-11-9(12)6-5-7(2)10(11)8(3)13/h5-6H,4,12H2,1-3H3. The first-order chi connectivity index (χ1) is 6.57. The molecule has 0 aliphatic heterocycles. The molecule has 3 heteroatoms. The Bertz CT molecular complexity index is 359. The van der Waals surface area contributed by atoms with Gasteiger partial charge in [-0.3, -0.25) is 4.79 Å². The lowest BCUT2D eigenvalue weighted by atomic mass is 10.0. The van der Waals surface area contributed by atoms with Crippen LogP contribution in [0.2, 0.25) is 0 Å². The zero-order chi connectivity index (χ0) is 10.7. The van der Waals surface area contributed by atoms with E-state index >= 15 is 0 Å². The molecule has 0 fully saturated rings. The van der Waals surface area contributed by atoms with Gasteiger partial charge in [0, 0.05) is 0 Å². The fourth-order valence-corrected chi connectivity index (χ4v) is 1.43. The van der Waals surface area contributed by atoms with Crippen LogP contribution < -0.4 is 10.5 Å². The molecule has 14 heavy (non-hydrogen) atoms. The third kappa shape index (κ3) is 1.87. The average Bonchev–Trinajstić information content (AvgIpc) is 2.11. The maximum Gasteiger partial charge on any atom is 0.163 e. The second-order valence-corrected chi connectivity index (χ2v) is 3.17. The number of Topliss-reactive ketones (excluding diaryl/α,β-unsaturated/α-hetero) is 1. The van der Waals surface area contributed by atoms with Gasteiger partial charge < -0.3 is 10.5 Å². The summed E-state index contributed by atoms with van der Waals surface area (Å²) in [6.45, 7) is 5.77. The van der Waals surface area contributed by atoms with Crippen molar-refractivity contribution < 1.29 is 9.53 Å². The van der Waals surface area contributed by atoms with E-state index in [1.54, 1.807) is 6.07 Å². The van der Waals surface area contributed by atoms with Crippen LogP contribution in [0.25, 0.3) is 0 Å². The van der Waals surface area contributed by atoms with Crippen LogP contribution in [-0.4, -0.2) is 12.4 Å². The highest BCUT2D eigenvalue weighted by molar-refractivity contribution is 6.00. The molecule has 1 rings (SSSR count). The van der Waals surface area contributed by atoms with E-state index in [0.29, 0.717) is 23.6 Å². The molecule has 0 aliphatic carbocycles. The number of hydrogen-bond acceptors (Lipinski definition) is 3. The minimum absolute atomic E-state index is 0.0155. The Hall–Kier alpha value is -1.51. The molecule has 76 valence electrons. The molecule has 0 saturated carbocycles. The number of carbonyl (C=O) groups is 1. The molecule has 0 saturated heterocycles. The lowest BCUT2D eigenvalue weighted by Crippen LogP contribution is -2.06. The molecule has 0 amide bonds. The molecular formula is C11H15NO2. The van der Waals surface area contributed by atoms with Crippen LogP contribution >= 0.6 is 0 Å². The molecular weight excluding hydrogens is 178 g/mol. The molecule has 0 aliphatic rings. The summed E-state index contributed by atoms with van der Waals surface area (Å²) in [5, 5.41) is 0. The van der Waals surface area contributed by atoms with Crippen molar-refractivity contribution >= 4 is 11.5 Å². The molecule has 3 nitrogen and oxygen atoms in total. The minimum Gasteiger partial charge on any atom is -0.491 e. The molecule has 0 atom stereocenters. The van der Waals surface area contributed by atoms with Crippen molar-refractivity contribution in [1.82, 2.24) is 0 Å². The van der Waals surface area contributed by atoms with Gasteiger partial charge in [-0.2, -0.15) is 0 Å². The van der Waals surface area contributed by atoms with Gasteiger partial charge in [0.25, 0.3) is 0 Å². The van der Waals surface area contributed by atoms with Gasteiger partial charge in [0.05, 0.1) is 17.9 Å². The predicted octanol–water partition coefficient (Wildman–Crippen LogP) is 2.18. The van der Waals surface area contributed by atoms with E-state index in [1.807, 2.05) is 19.9 Å². The van der Waals surface area contributed by atoms with Gasteiger partial charge in [0.15, 0.2) is 11.5 Å². The average molecular weight is 193 g/mol. The summed E-state index contributed by atoms with van der Waals surface area (Å²) in [4.78, 5) is 11.4. The number of carbonyl (C=O) groups excluding carboxylic acids is 1. The SMILES string of the molecule is CCOc1c(N)ccc(C)c1C(C)=O. The molecule has 0 heterocycles. The largest absolute Gasteiger partial charge is 0.491 e. The minimum atomic E-state index is -0.0155. The first-order valence-corrected chi connectivity index (χ1v) is 4.60. The van der Waals surface area contributed by atoms with Gasteiger partial charge >= 0.3 is 0 Å². The highest BCUT2D eigenvalue weighted by Gasteiger charge is 2.14. The van der Waals surface area contributed by atoms with Crippen LogP contribution in [0.3, 0.4) is 0 Å². The normalized spacial score (nSPS) is 9.93. The number of rotatable bonds is 3. The van der Waals surface area contributed by atoms with Gasteiger partial charge in [0.1, 0.15) is 0 Å². The number of benzene rings is 1. The Balaban J connectivity index is 3.33. The summed E-state index contributed by atoms with van der Waals surface area (Å²) in [6.07, 6.45) is 0. The van der Waals surface area contributed by atoms with Crippen LogP contribution in [0.15, 0.2) is 12.1 Å². The summed E-state index contributed by atoms with van der Waals surface area (Å²) in [6, 6.07) is 3.58. The third-order valence-electron chi connectivity index (χ3n) is 2.04. The summed E-state index contributed by atoms with van der Waals surface area (Å²) in [5.41, 5.74) is 7.74. The summed E-state index contributed by atoms with van der Waals surface area (Å²) in [5.74, 6) is 0.498. The smallest absolute Gasteiger partial charge is 0.163 e. The predicted molar refractivity (Wildman–Crippen MR) is 56.8 cm³/mol. The third-order valence-corrected chi connectivity index (χ3v) is 2.04. The zero-order valence-corrected chi connectivity index (χ0v) is 8.76. The monoisotopic (exact) mass is 193 g/mol. The first kappa shape index (κ1) is 10.6. The number of ether oxygens (including phenoxy) is 1. The Kier molecular flexibility index (Phi) is 3.12. The lowest BCUT2D eigenvalue weighted by molar-refractivity contribution is 0.101. The molecule has 0 aromatic heterocycles. The molecule has 0 radical (unpaired) electrons. The van der Waals surface area contributed by atoms with Crippen LogP contribution in [0.1, 0.15) is 29.8 Å². The van der Waals surface area contributed by atoms with Crippen LogP contribution in [0.4, 0.5) is 5.69 Å². The second kappa shape index (κ2) is 4.13. The van der Waals surface area contributed by atoms with Gasteiger partial charge in [-0.05, 0) is 32.4 Å². The molecule has 2 N–H and O–H groups in total. The number of nitrogens with two attached hydrogens (primary N) is 1. The molecule has 0 unspecified atom stereocenters. The maximum absolute atomic E-state index is 11.4. The van der Waals surface area contributed by atoms with E-state index < -0.39 is 0 Å². The van der Waals surface area contributed by atoms with Gasteiger partial charge in [-0.15, -0.1) is 0 Å². The van der Waals surface area contributed by atoms with Crippen LogP contribution in [0, 0.1) is 6.92 Å². The van der Waals surface area contributed by atoms with Crippen molar-refractivity contribution in [3.8, 4) is 5.75 Å². The fraction of sp³-hybridized carbons (Fsp3) is 0.364. The van der Waals surface area contributed by atoms with Gasteiger partial charge in [-0.1, -0.05) is 6.07 Å². The van der Waals surface area contributed by atoms with Crippen molar-refractivity contribution in [2.24, 2.45) is 0 Å². The van der Waals surface area contributed by atoms with Crippen molar-refractivity contribution in [2.75, 3.05) is 12.3 Å². The molecule has 1 aromatic rings. The second-order valence-electron chi connectivity index (χ2n) is 3.17. The topological polar surface area (TPSA) is 52.3 Å². The Morgan fingerprint density at radius 1 is 1.50 bits per heavy atom. The molecule has 0 spiro atoms. The van der Waals surface area contributed by atoms with Crippen molar-refractivity contribution in [1.29, 1.82) is 0 Å². The van der Waals surface area contributed by atoms with E-state index in [2.05, 4.69) is 0 Å². The van der Waals surface area contributed by atoms with Crippen molar-refractivity contribution in [3.05, 3.63) is 23.3 Å². The van der Waals surface area contributed by atoms with E-state index in [4.69, 9.17) is 10.5 Å². The van der Waals surface area contributed by atoms with E-state index in [-0.39, 0.29) is 5.78 Å². The van der Waals surface area contributed by atoms with Gasteiger partial charge in [-0.25, -0.2) is 0 Å². The highest BCUT2D eigenvalue weighted by atomic mass is 16.5. The Morgan fingerprint density at radius 2 is 2.14 bits per heavy atom. The Labute approximate surface area is 83.9 Å². The number of ketones is 1. The Morgan fingerprint density at radius 3 is 2.64 bits per heavy atom.